The lowest BCUT2D eigenvalue weighted by molar-refractivity contribution is 0.485. The quantitative estimate of drug-likeness (QED) is 0.0868. The van der Waals surface area contributed by atoms with Crippen LogP contribution in [0, 0.1) is 0 Å². The van der Waals surface area contributed by atoms with Gasteiger partial charge in [-0.3, -0.25) is 27.9 Å². The van der Waals surface area contributed by atoms with E-state index < -0.39 is 19.7 Å². The number of benzene rings is 4. The highest BCUT2D eigenvalue weighted by atomic mass is 35.5. The summed E-state index contributed by atoms with van der Waals surface area (Å²) in [7, 11) is 25.8. The van der Waals surface area contributed by atoms with Crippen LogP contribution in [-0.2, 0) is 9.75 Å². The fourth-order valence-electron chi connectivity index (χ4n) is 9.42. The largest absolute Gasteiger partial charge is 0.356 e. The maximum atomic E-state index is 8.28. The Labute approximate surface area is 421 Å². The fourth-order valence-corrected chi connectivity index (χ4v) is 10.8. The molecule has 8 bridgehead atoms. The number of aliphatic imine (C=N–C) groups is 2. The van der Waals surface area contributed by atoms with Gasteiger partial charge in [-0.05, 0) is 144 Å². The molecule has 0 aliphatic carbocycles. The number of hydrogen-bond acceptors (Lipinski definition) is 2. The second-order valence-electron chi connectivity index (χ2n) is 21.9. The van der Waals surface area contributed by atoms with E-state index in [4.69, 9.17) is 56.4 Å². The summed E-state index contributed by atoms with van der Waals surface area (Å²) in [6.45, 7) is 0. The molecule has 0 fully saturated rings. The summed E-state index contributed by atoms with van der Waals surface area (Å²) in [6, 6.07) is 42.2. The summed E-state index contributed by atoms with van der Waals surface area (Å²) in [5.41, 5.74) is 12.3. The molecule has 350 valence electrons. The van der Waals surface area contributed by atoms with Crippen molar-refractivity contribution < 1.29 is 0 Å². The van der Waals surface area contributed by atoms with Gasteiger partial charge in [0.25, 0.3) is 0 Å². The van der Waals surface area contributed by atoms with Gasteiger partial charge in [0.15, 0.2) is 19.7 Å². The zero-order valence-corrected chi connectivity index (χ0v) is 44.1. The van der Waals surface area contributed by atoms with E-state index in [2.05, 4.69) is 186 Å². The molecule has 0 amide bonds. The van der Waals surface area contributed by atoms with Crippen LogP contribution in [0.3, 0.4) is 0 Å². The molecule has 9 rings (SSSR count). The Balaban J connectivity index is 1.39. The summed E-state index contributed by atoms with van der Waals surface area (Å²) in [5, 5.41) is 1.74. The van der Waals surface area contributed by atoms with Crippen LogP contribution in [0.5, 0.6) is 0 Å². The third-order valence-electron chi connectivity index (χ3n) is 13.6. The molecule has 4 atom stereocenters. The van der Waals surface area contributed by atoms with Crippen molar-refractivity contribution in [3.05, 3.63) is 190 Å². The molecule has 4 unspecified atom stereocenters. The first-order chi connectivity index (χ1) is 31.7. The van der Waals surface area contributed by atoms with Gasteiger partial charge < -0.3 is 9.97 Å². The molecule has 2 N–H and O–H groups in total. The molecule has 4 aromatic carbocycles. The summed E-state index contributed by atoms with van der Waals surface area (Å²) < 4.78 is 2.58. The number of alkyl halides is 4. The maximum absolute atomic E-state index is 8.28. The molecule has 68 heavy (non-hydrogen) atoms. The van der Waals surface area contributed by atoms with Gasteiger partial charge in [-0.1, -0.05) is 47.5 Å². The van der Waals surface area contributed by atoms with Crippen molar-refractivity contribution in [3.8, 4) is 0 Å². The van der Waals surface area contributed by atoms with E-state index in [0.29, 0.717) is 40.6 Å². The van der Waals surface area contributed by atoms with E-state index in [9.17, 15) is 0 Å². The van der Waals surface area contributed by atoms with Crippen LogP contribution in [0.4, 0.5) is 22.7 Å². The molecular formula is C56H62Cl4N8+4. The standard InChI is InChI=1S/C56H62Cl4N8/c1-65(2,3)41-21-13-37(14-22-41)51-45-29-30-46(61-45)52(38-15-23-42(24-16-38)66(4,5)6)48-33-35-53(57,63-48)56(60,40-19-27-44(28-20-40)68(10,11)12)50-34-36-54(58,64-50)55(59,49-32-31-47(51)62-49)39-17-25-43(26-18-39)67(7,8)9/h13-36,61-62H,1-12H3/q+4. The average Bonchev–Trinajstić information content (AvgIpc) is 4.12. The van der Waals surface area contributed by atoms with E-state index in [1.54, 1.807) is 0 Å². The zero-order valence-electron chi connectivity index (χ0n) is 41.1. The van der Waals surface area contributed by atoms with Crippen LogP contribution >= 0.6 is 46.4 Å². The molecule has 2 aromatic heterocycles. The van der Waals surface area contributed by atoms with Crippen molar-refractivity contribution in [1.82, 2.24) is 27.9 Å². The van der Waals surface area contributed by atoms with Gasteiger partial charge in [-0.25, -0.2) is 0 Å². The second-order valence-corrected chi connectivity index (χ2v) is 24.2. The van der Waals surface area contributed by atoms with Crippen LogP contribution in [-0.4, -0.2) is 116 Å². The van der Waals surface area contributed by atoms with Gasteiger partial charge in [0.2, 0.25) is 0 Å². The molecule has 3 aliphatic heterocycles. The first kappa shape index (κ1) is 48.0. The Morgan fingerprint density at radius 2 is 0.794 bits per heavy atom. The molecule has 0 saturated heterocycles. The van der Waals surface area contributed by atoms with Crippen molar-refractivity contribution in [1.29, 1.82) is 0 Å². The monoisotopic (exact) mass is 986 g/mol. The number of nitrogens with zero attached hydrogens (tertiary/aromatic N) is 6. The van der Waals surface area contributed by atoms with Gasteiger partial charge >= 0.3 is 0 Å². The summed E-state index contributed by atoms with van der Waals surface area (Å²) in [4.78, 5) is 12.3. The molecule has 0 spiro atoms. The van der Waals surface area contributed by atoms with Gasteiger partial charge in [0.05, 0.1) is 96.0 Å². The smallest absolute Gasteiger partial charge is 0.181 e. The van der Waals surface area contributed by atoms with Gasteiger partial charge in [-0.2, -0.15) is 0 Å². The van der Waals surface area contributed by atoms with Crippen molar-refractivity contribution >= 4 is 91.7 Å². The van der Waals surface area contributed by atoms with E-state index in [1.165, 1.54) is 5.69 Å². The Kier molecular flexibility index (Phi) is 11.5. The van der Waals surface area contributed by atoms with Crippen LogP contribution in [0.2, 0.25) is 0 Å². The third kappa shape index (κ3) is 8.07. The topological polar surface area (TPSA) is 56.3 Å². The number of halogens is 4. The maximum Gasteiger partial charge on any atom is 0.181 e. The minimum absolute atomic E-state index is 0.421. The normalized spacial score (nSPS) is 24.1. The first-order valence-electron chi connectivity index (χ1n) is 22.8. The average molecular weight is 989 g/mol. The minimum atomic E-state index is -1.61. The SMILES string of the molecule is C[N+](C)(C)c1ccc(C2=c3ccc([nH]3)=C(c3ccc([N+](C)(C)C)cc3)c3ccc([nH]3)C(Cl)(c3ccc([N+](C)(C)C)cc3)C3(Cl)C=CC(=N3)C(Cl)(c3ccc([N+](C)(C)C)cc3)C3(Cl)C=CC2=N3)cc1. The summed E-state index contributed by atoms with van der Waals surface area (Å²) >= 11 is 32.6. The van der Waals surface area contributed by atoms with E-state index in [-0.39, 0.29) is 0 Å². The minimum Gasteiger partial charge on any atom is -0.356 e. The Morgan fingerprint density at radius 1 is 0.397 bits per heavy atom. The van der Waals surface area contributed by atoms with Crippen molar-refractivity contribution in [3.63, 3.8) is 0 Å². The zero-order chi connectivity index (χ0) is 49.0. The van der Waals surface area contributed by atoms with Crippen molar-refractivity contribution in [2.75, 3.05) is 84.6 Å². The molecule has 12 heteroatoms. The number of hydrogen-bond donors (Lipinski definition) is 2. The van der Waals surface area contributed by atoms with Gasteiger partial charge in [0.1, 0.15) is 22.7 Å². The number of allylic oxidation sites excluding steroid dienone is 2. The van der Waals surface area contributed by atoms with Crippen molar-refractivity contribution in [2.45, 2.75) is 19.7 Å². The van der Waals surface area contributed by atoms with Crippen LogP contribution < -0.4 is 28.6 Å². The van der Waals surface area contributed by atoms with E-state index >= 15 is 0 Å². The molecule has 0 radical (unpaired) electrons. The number of H-pyrrole nitrogens is 2. The van der Waals surface area contributed by atoms with Crippen LogP contribution in [0.25, 0.3) is 11.1 Å². The predicted octanol–water partition coefficient (Wildman–Crippen LogP) is 10.1. The Hall–Kier alpha value is -5.00. The van der Waals surface area contributed by atoms with E-state index in [0.717, 1.165) is 61.3 Å². The number of nitrogens with one attached hydrogen (secondary N) is 2. The summed E-state index contributed by atoms with van der Waals surface area (Å²) in [5.74, 6) is 0. The van der Waals surface area contributed by atoms with Gasteiger partial charge in [-0.15, -0.1) is 23.2 Å². The number of aromatic amines is 2. The van der Waals surface area contributed by atoms with Gasteiger partial charge in [0, 0.05) is 33.2 Å². The van der Waals surface area contributed by atoms with Crippen LogP contribution in [0.1, 0.15) is 33.6 Å². The molecular weight excluding hydrogens is 926 g/mol. The highest BCUT2D eigenvalue weighted by Crippen LogP contribution is 2.57. The molecule has 3 aliphatic rings. The lowest BCUT2D eigenvalue weighted by Gasteiger charge is -2.39. The third-order valence-corrected chi connectivity index (χ3v) is 16.1. The highest BCUT2D eigenvalue weighted by molar-refractivity contribution is 6.48. The highest BCUT2D eigenvalue weighted by Gasteiger charge is 2.60. The number of quaternary nitrogens is 4. The lowest BCUT2D eigenvalue weighted by Crippen LogP contribution is -2.47. The first-order valence-corrected chi connectivity index (χ1v) is 24.4. The summed E-state index contributed by atoms with van der Waals surface area (Å²) in [6.07, 6.45) is 7.59. The predicted molar refractivity (Wildman–Crippen MR) is 293 cm³/mol. The molecule has 8 nitrogen and oxygen atoms in total. The number of rotatable bonds is 8. The van der Waals surface area contributed by atoms with Crippen LogP contribution in [0.15, 0.2) is 156 Å². The number of fused-ring (bicyclic) bond motifs is 6. The second kappa shape index (κ2) is 16.3. The van der Waals surface area contributed by atoms with E-state index in [1.807, 2.05) is 54.6 Å². The Bertz CT molecular complexity index is 3190. The molecule has 5 heterocycles. The molecule has 0 saturated carbocycles. The molecule has 6 aromatic rings. The lowest BCUT2D eigenvalue weighted by atomic mass is 9.85. The Morgan fingerprint density at radius 3 is 1.26 bits per heavy atom. The fraction of sp³-hybridized carbons (Fsp3) is 0.286. The number of aromatic nitrogens is 2. The van der Waals surface area contributed by atoms with Crippen molar-refractivity contribution in [2.24, 2.45) is 9.98 Å².